The van der Waals surface area contributed by atoms with Crippen molar-refractivity contribution in [3.05, 3.63) is 22.7 Å². The van der Waals surface area contributed by atoms with Gasteiger partial charge in [0.15, 0.2) is 5.75 Å². The summed E-state index contributed by atoms with van der Waals surface area (Å²) in [6, 6.07) is 3.64. The first-order valence-corrected chi connectivity index (χ1v) is 6.58. The quantitative estimate of drug-likeness (QED) is 0.646. The van der Waals surface area contributed by atoms with Gasteiger partial charge in [-0.15, -0.1) is 0 Å². The molecule has 1 rings (SSSR count). The van der Waals surface area contributed by atoms with Gasteiger partial charge in [0, 0.05) is 11.4 Å². The van der Waals surface area contributed by atoms with Gasteiger partial charge < -0.3 is 10.4 Å². The SMILES string of the molecule is Cc1cc(Cl)c(O)c(NC[C@H](Br)C(C)C)c1. The van der Waals surface area contributed by atoms with Gasteiger partial charge in [0.1, 0.15) is 0 Å². The van der Waals surface area contributed by atoms with Gasteiger partial charge in [0.2, 0.25) is 0 Å². The average Bonchev–Trinajstić information content (AvgIpc) is 2.20. The van der Waals surface area contributed by atoms with Gasteiger partial charge in [-0.3, -0.25) is 0 Å². The summed E-state index contributed by atoms with van der Waals surface area (Å²) in [5, 5.41) is 13.3. The second kappa shape index (κ2) is 5.78. The minimum absolute atomic E-state index is 0.121. The second-order valence-electron chi connectivity index (χ2n) is 4.28. The molecule has 1 aromatic carbocycles. The highest BCUT2D eigenvalue weighted by atomic mass is 79.9. The van der Waals surface area contributed by atoms with E-state index in [1.54, 1.807) is 6.07 Å². The molecule has 0 fully saturated rings. The summed E-state index contributed by atoms with van der Waals surface area (Å²) in [6.07, 6.45) is 0. The number of alkyl halides is 1. The number of halogens is 2. The van der Waals surface area contributed by atoms with Crippen LogP contribution in [0.2, 0.25) is 5.02 Å². The zero-order valence-corrected chi connectivity index (χ0v) is 12.1. The van der Waals surface area contributed by atoms with Crippen molar-refractivity contribution in [3.8, 4) is 5.75 Å². The van der Waals surface area contributed by atoms with Crippen molar-refractivity contribution in [2.45, 2.75) is 25.6 Å². The van der Waals surface area contributed by atoms with Crippen LogP contribution >= 0.6 is 27.5 Å². The molecule has 0 aliphatic rings. The molecule has 2 nitrogen and oxygen atoms in total. The number of nitrogens with one attached hydrogen (secondary N) is 1. The van der Waals surface area contributed by atoms with Crippen LogP contribution in [0.3, 0.4) is 0 Å². The maximum Gasteiger partial charge on any atom is 0.157 e. The van der Waals surface area contributed by atoms with Gasteiger partial charge in [-0.2, -0.15) is 0 Å². The second-order valence-corrected chi connectivity index (χ2v) is 5.87. The molecular weight excluding hydrogens is 289 g/mol. The number of phenolic OH excluding ortho intramolecular Hbond substituents is 1. The van der Waals surface area contributed by atoms with E-state index < -0.39 is 0 Å². The Balaban J connectivity index is 2.74. The lowest BCUT2D eigenvalue weighted by Crippen LogP contribution is -2.19. The number of hydrogen-bond donors (Lipinski definition) is 2. The molecule has 0 amide bonds. The van der Waals surface area contributed by atoms with Gasteiger partial charge in [-0.1, -0.05) is 41.4 Å². The minimum atomic E-state index is 0.121. The Morgan fingerprint density at radius 2 is 2.06 bits per heavy atom. The molecule has 0 spiro atoms. The summed E-state index contributed by atoms with van der Waals surface area (Å²) in [6.45, 7) is 6.99. The number of phenols is 1. The third-order valence-corrected chi connectivity index (χ3v) is 4.09. The molecular formula is C12H17BrClNO. The summed E-state index contributed by atoms with van der Waals surface area (Å²) in [5.41, 5.74) is 1.72. The fourth-order valence-corrected chi connectivity index (χ4v) is 1.75. The summed E-state index contributed by atoms with van der Waals surface area (Å²) in [5.74, 6) is 0.658. The molecule has 90 valence electrons. The molecule has 0 radical (unpaired) electrons. The number of hydrogen-bond acceptors (Lipinski definition) is 2. The summed E-state index contributed by atoms with van der Waals surface area (Å²) >= 11 is 9.48. The number of rotatable bonds is 4. The van der Waals surface area contributed by atoms with Gasteiger partial charge in [-0.25, -0.2) is 0 Å². The molecule has 4 heteroatoms. The predicted octanol–water partition coefficient (Wildman–Crippen LogP) is 4.19. The van der Waals surface area contributed by atoms with E-state index in [1.807, 2.05) is 13.0 Å². The predicted molar refractivity (Wildman–Crippen MR) is 73.9 cm³/mol. The van der Waals surface area contributed by atoms with Crippen LogP contribution in [0.1, 0.15) is 19.4 Å². The van der Waals surface area contributed by atoms with Crippen molar-refractivity contribution in [1.29, 1.82) is 0 Å². The van der Waals surface area contributed by atoms with E-state index in [-0.39, 0.29) is 5.75 Å². The zero-order valence-electron chi connectivity index (χ0n) is 9.72. The average molecular weight is 307 g/mol. The molecule has 2 N–H and O–H groups in total. The lowest BCUT2D eigenvalue weighted by atomic mass is 10.1. The molecule has 0 aliphatic heterocycles. The van der Waals surface area contributed by atoms with Crippen molar-refractivity contribution >= 4 is 33.2 Å². The van der Waals surface area contributed by atoms with E-state index >= 15 is 0 Å². The molecule has 16 heavy (non-hydrogen) atoms. The van der Waals surface area contributed by atoms with Crippen LogP contribution in [0.4, 0.5) is 5.69 Å². The largest absolute Gasteiger partial charge is 0.504 e. The first-order chi connectivity index (χ1) is 7.41. The fourth-order valence-electron chi connectivity index (χ4n) is 1.31. The van der Waals surface area contributed by atoms with Crippen LogP contribution in [-0.4, -0.2) is 16.5 Å². The van der Waals surface area contributed by atoms with Crippen LogP contribution in [-0.2, 0) is 0 Å². The third-order valence-electron chi connectivity index (χ3n) is 2.42. The summed E-state index contributed by atoms with van der Waals surface area (Å²) in [4.78, 5) is 0.367. The molecule has 0 unspecified atom stereocenters. The van der Waals surface area contributed by atoms with E-state index in [0.29, 0.717) is 21.5 Å². The third kappa shape index (κ3) is 3.56. The maximum atomic E-state index is 9.76. The summed E-state index contributed by atoms with van der Waals surface area (Å²) < 4.78 is 0. The molecule has 0 saturated heterocycles. The zero-order chi connectivity index (χ0) is 12.3. The van der Waals surface area contributed by atoms with Crippen molar-refractivity contribution in [1.82, 2.24) is 0 Å². The van der Waals surface area contributed by atoms with Gasteiger partial charge in [0.05, 0.1) is 10.7 Å². The normalized spacial score (nSPS) is 12.9. The molecule has 0 heterocycles. The number of aromatic hydroxyl groups is 1. The van der Waals surface area contributed by atoms with E-state index in [0.717, 1.165) is 12.1 Å². The Morgan fingerprint density at radius 3 is 2.62 bits per heavy atom. The Labute approximate surface area is 110 Å². The van der Waals surface area contributed by atoms with Crippen LogP contribution in [0.5, 0.6) is 5.75 Å². The molecule has 1 atom stereocenters. The van der Waals surface area contributed by atoms with E-state index in [9.17, 15) is 5.11 Å². The minimum Gasteiger partial charge on any atom is -0.504 e. The van der Waals surface area contributed by atoms with Crippen molar-refractivity contribution in [2.24, 2.45) is 5.92 Å². The highest BCUT2D eigenvalue weighted by Gasteiger charge is 2.11. The van der Waals surface area contributed by atoms with Crippen molar-refractivity contribution < 1.29 is 5.11 Å². The standard InChI is InChI=1S/C12H17BrClNO/c1-7(2)9(13)6-15-11-5-8(3)4-10(14)12(11)16/h4-5,7,9,15-16H,6H2,1-3H3/t9-/m0/s1. The first-order valence-electron chi connectivity index (χ1n) is 5.29. The Bertz CT molecular complexity index is 368. The first kappa shape index (κ1) is 13.7. The molecule has 0 saturated carbocycles. The van der Waals surface area contributed by atoms with Gasteiger partial charge >= 0.3 is 0 Å². The van der Waals surface area contributed by atoms with E-state index in [1.165, 1.54) is 0 Å². The van der Waals surface area contributed by atoms with Crippen molar-refractivity contribution in [2.75, 3.05) is 11.9 Å². The fraction of sp³-hybridized carbons (Fsp3) is 0.500. The highest BCUT2D eigenvalue weighted by Crippen LogP contribution is 2.33. The van der Waals surface area contributed by atoms with Crippen LogP contribution in [0.25, 0.3) is 0 Å². The summed E-state index contributed by atoms with van der Waals surface area (Å²) in [7, 11) is 0. The van der Waals surface area contributed by atoms with Crippen molar-refractivity contribution in [3.63, 3.8) is 0 Å². The van der Waals surface area contributed by atoms with Crippen LogP contribution < -0.4 is 5.32 Å². The number of benzene rings is 1. The van der Waals surface area contributed by atoms with Gasteiger partial charge in [-0.05, 0) is 30.5 Å². The number of anilines is 1. The Hall–Kier alpha value is -0.410. The maximum absolute atomic E-state index is 9.76. The van der Waals surface area contributed by atoms with E-state index in [4.69, 9.17) is 11.6 Å². The van der Waals surface area contributed by atoms with E-state index in [2.05, 4.69) is 35.1 Å². The molecule has 0 aromatic heterocycles. The molecule has 0 bridgehead atoms. The lowest BCUT2D eigenvalue weighted by Gasteiger charge is -2.16. The molecule has 0 aliphatic carbocycles. The number of aryl methyl sites for hydroxylation is 1. The van der Waals surface area contributed by atoms with Gasteiger partial charge in [0.25, 0.3) is 0 Å². The monoisotopic (exact) mass is 305 g/mol. The smallest absolute Gasteiger partial charge is 0.157 e. The van der Waals surface area contributed by atoms with Crippen LogP contribution in [0.15, 0.2) is 12.1 Å². The Kier molecular flexibility index (Phi) is 4.93. The lowest BCUT2D eigenvalue weighted by molar-refractivity contribution is 0.477. The highest BCUT2D eigenvalue weighted by molar-refractivity contribution is 9.09. The topological polar surface area (TPSA) is 32.3 Å². The van der Waals surface area contributed by atoms with Crippen LogP contribution in [0, 0.1) is 12.8 Å². The molecule has 1 aromatic rings. The Morgan fingerprint density at radius 1 is 1.44 bits per heavy atom.